The van der Waals surface area contributed by atoms with E-state index in [1.165, 1.54) is 11.6 Å². The maximum Gasteiger partial charge on any atom is 0.123 e. The predicted octanol–water partition coefficient (Wildman–Crippen LogP) is 3.75. The van der Waals surface area contributed by atoms with E-state index in [1.807, 2.05) is 18.3 Å². The Kier molecular flexibility index (Phi) is 2.58. The summed E-state index contributed by atoms with van der Waals surface area (Å²) in [5, 5.41) is 0.943. The first-order chi connectivity index (χ1) is 7.20. The average molecular weight is 203 g/mol. The molecule has 1 aromatic heterocycles. The zero-order valence-corrected chi connectivity index (χ0v) is 8.83. The van der Waals surface area contributed by atoms with Gasteiger partial charge in [-0.25, -0.2) is 4.39 Å². The highest BCUT2D eigenvalue weighted by molar-refractivity contribution is 5.80. The summed E-state index contributed by atoms with van der Waals surface area (Å²) < 4.78 is 15.0. The maximum atomic E-state index is 12.9. The number of rotatable bonds is 3. The van der Waals surface area contributed by atoms with Crippen molar-refractivity contribution < 1.29 is 4.39 Å². The van der Waals surface area contributed by atoms with E-state index < -0.39 is 0 Å². The molecule has 2 rings (SSSR count). The lowest BCUT2D eigenvalue weighted by molar-refractivity contribution is 0.629. The second-order valence-corrected chi connectivity index (χ2v) is 3.75. The molecule has 1 nitrogen and oxygen atoms in total. The molecule has 0 unspecified atom stereocenters. The fourth-order valence-corrected chi connectivity index (χ4v) is 1.66. The Balaban J connectivity index is 2.41. The van der Waals surface area contributed by atoms with Crippen LogP contribution in [0.25, 0.3) is 10.9 Å². The highest BCUT2D eigenvalue weighted by Crippen LogP contribution is 2.18. The molecule has 0 radical (unpaired) electrons. The van der Waals surface area contributed by atoms with Crippen LogP contribution in [0.5, 0.6) is 0 Å². The van der Waals surface area contributed by atoms with E-state index >= 15 is 0 Å². The summed E-state index contributed by atoms with van der Waals surface area (Å²) in [7, 11) is 0. The second kappa shape index (κ2) is 3.89. The van der Waals surface area contributed by atoms with Gasteiger partial charge >= 0.3 is 0 Å². The van der Waals surface area contributed by atoms with E-state index in [-0.39, 0.29) is 5.82 Å². The van der Waals surface area contributed by atoms with Crippen LogP contribution in [0.4, 0.5) is 4.39 Å². The van der Waals surface area contributed by atoms with Crippen LogP contribution in [0.2, 0.25) is 0 Å². The monoisotopic (exact) mass is 203 g/mol. The van der Waals surface area contributed by atoms with Gasteiger partial charge in [0.05, 0.1) is 0 Å². The Bertz CT molecular complexity index is 496. The number of fused-ring (bicyclic) bond motifs is 1. The molecule has 1 aromatic carbocycles. The fourth-order valence-electron chi connectivity index (χ4n) is 1.66. The molecule has 0 aliphatic rings. The quantitative estimate of drug-likeness (QED) is 0.669. The number of aromatic nitrogens is 1. The SMILES string of the molecule is C=C(CC)Cn1ccc2cc(F)ccc21. The molecule has 0 amide bonds. The molecule has 0 aliphatic carbocycles. The first-order valence-corrected chi connectivity index (χ1v) is 5.11. The van der Waals surface area contributed by atoms with Gasteiger partial charge in [0.1, 0.15) is 5.82 Å². The van der Waals surface area contributed by atoms with Gasteiger partial charge in [-0.15, -0.1) is 0 Å². The Morgan fingerprint density at radius 3 is 2.93 bits per heavy atom. The minimum atomic E-state index is -0.186. The largest absolute Gasteiger partial charge is 0.343 e. The molecule has 2 heteroatoms. The average Bonchev–Trinajstić information content (AvgIpc) is 2.60. The lowest BCUT2D eigenvalue weighted by atomic mass is 10.2. The molecule has 0 fully saturated rings. The smallest absolute Gasteiger partial charge is 0.123 e. The summed E-state index contributed by atoms with van der Waals surface area (Å²) in [4.78, 5) is 0. The van der Waals surface area contributed by atoms with Gasteiger partial charge < -0.3 is 4.57 Å². The standard InChI is InChI=1S/C13H14FN/c1-3-10(2)9-15-7-6-11-8-12(14)4-5-13(11)15/h4-8H,2-3,9H2,1H3. The van der Waals surface area contributed by atoms with Crippen LogP contribution in [-0.4, -0.2) is 4.57 Å². The van der Waals surface area contributed by atoms with Crippen LogP contribution in [0.3, 0.4) is 0 Å². The van der Waals surface area contributed by atoms with Crippen molar-refractivity contribution in [3.8, 4) is 0 Å². The minimum absolute atomic E-state index is 0.186. The minimum Gasteiger partial charge on any atom is -0.343 e. The van der Waals surface area contributed by atoms with Crippen molar-refractivity contribution >= 4 is 10.9 Å². The van der Waals surface area contributed by atoms with Crippen LogP contribution in [0.1, 0.15) is 13.3 Å². The van der Waals surface area contributed by atoms with Crippen molar-refractivity contribution in [1.82, 2.24) is 4.57 Å². The second-order valence-electron chi connectivity index (χ2n) is 3.75. The van der Waals surface area contributed by atoms with E-state index in [4.69, 9.17) is 0 Å². The molecule has 0 saturated carbocycles. The van der Waals surface area contributed by atoms with E-state index in [1.54, 1.807) is 6.07 Å². The number of halogens is 1. The number of nitrogens with zero attached hydrogens (tertiary/aromatic N) is 1. The molecule has 0 aliphatic heterocycles. The summed E-state index contributed by atoms with van der Waals surface area (Å²) in [6.45, 7) is 6.88. The molecular weight excluding hydrogens is 189 g/mol. The summed E-state index contributed by atoms with van der Waals surface area (Å²) in [6.07, 6.45) is 2.95. The molecule has 0 spiro atoms. The van der Waals surface area contributed by atoms with Gasteiger partial charge in [0.25, 0.3) is 0 Å². The third-order valence-corrected chi connectivity index (χ3v) is 2.63. The fraction of sp³-hybridized carbons (Fsp3) is 0.231. The summed E-state index contributed by atoms with van der Waals surface area (Å²) in [5.41, 5.74) is 2.24. The van der Waals surface area contributed by atoms with Crippen molar-refractivity contribution in [2.24, 2.45) is 0 Å². The Hall–Kier alpha value is -1.57. The topological polar surface area (TPSA) is 4.93 Å². The van der Waals surface area contributed by atoms with Gasteiger partial charge in [-0.3, -0.25) is 0 Å². The molecule has 78 valence electrons. The van der Waals surface area contributed by atoms with Crippen molar-refractivity contribution in [2.75, 3.05) is 0 Å². The third kappa shape index (κ3) is 1.94. The normalized spacial score (nSPS) is 10.8. The van der Waals surface area contributed by atoms with Gasteiger partial charge in [0.15, 0.2) is 0 Å². The summed E-state index contributed by atoms with van der Waals surface area (Å²) in [6, 6.07) is 6.79. The number of hydrogen-bond acceptors (Lipinski definition) is 0. The van der Waals surface area contributed by atoms with Crippen LogP contribution >= 0.6 is 0 Å². The molecule has 1 heterocycles. The maximum absolute atomic E-state index is 12.9. The molecule has 15 heavy (non-hydrogen) atoms. The summed E-state index contributed by atoms with van der Waals surface area (Å²) in [5.74, 6) is -0.186. The van der Waals surface area contributed by atoms with E-state index in [9.17, 15) is 4.39 Å². The number of benzene rings is 1. The molecule has 0 saturated heterocycles. The van der Waals surface area contributed by atoms with Gasteiger partial charge in [0, 0.05) is 23.6 Å². The lowest BCUT2D eigenvalue weighted by Gasteiger charge is -2.06. The lowest BCUT2D eigenvalue weighted by Crippen LogP contribution is -1.97. The van der Waals surface area contributed by atoms with Crippen molar-refractivity contribution in [3.05, 3.63) is 48.4 Å². The van der Waals surface area contributed by atoms with Gasteiger partial charge in [-0.1, -0.05) is 19.1 Å². The Labute approximate surface area is 88.8 Å². The van der Waals surface area contributed by atoms with Crippen molar-refractivity contribution in [2.45, 2.75) is 19.9 Å². The highest BCUT2D eigenvalue weighted by atomic mass is 19.1. The van der Waals surface area contributed by atoms with Crippen LogP contribution in [0.15, 0.2) is 42.6 Å². The zero-order valence-electron chi connectivity index (χ0n) is 8.83. The van der Waals surface area contributed by atoms with Gasteiger partial charge in [0.2, 0.25) is 0 Å². The van der Waals surface area contributed by atoms with Crippen LogP contribution in [0, 0.1) is 5.82 Å². The van der Waals surface area contributed by atoms with Crippen LogP contribution < -0.4 is 0 Å². The van der Waals surface area contributed by atoms with Gasteiger partial charge in [-0.2, -0.15) is 0 Å². The first kappa shape index (κ1) is 9.97. The van der Waals surface area contributed by atoms with Crippen LogP contribution in [-0.2, 0) is 6.54 Å². The molecule has 2 aromatic rings. The third-order valence-electron chi connectivity index (χ3n) is 2.63. The molecule has 0 N–H and O–H groups in total. The predicted molar refractivity (Wildman–Crippen MR) is 61.3 cm³/mol. The van der Waals surface area contributed by atoms with Crippen molar-refractivity contribution in [3.63, 3.8) is 0 Å². The molecule has 0 atom stereocenters. The van der Waals surface area contributed by atoms with E-state index in [2.05, 4.69) is 18.1 Å². The summed E-state index contributed by atoms with van der Waals surface area (Å²) >= 11 is 0. The molecule has 0 bridgehead atoms. The van der Waals surface area contributed by atoms with Gasteiger partial charge in [-0.05, 0) is 30.7 Å². The zero-order chi connectivity index (χ0) is 10.8. The van der Waals surface area contributed by atoms with Crippen molar-refractivity contribution in [1.29, 1.82) is 0 Å². The Morgan fingerprint density at radius 1 is 1.40 bits per heavy atom. The number of allylic oxidation sites excluding steroid dienone is 1. The first-order valence-electron chi connectivity index (χ1n) is 5.11. The van der Waals surface area contributed by atoms with E-state index in [0.29, 0.717) is 0 Å². The highest BCUT2D eigenvalue weighted by Gasteiger charge is 2.02. The molecular formula is C13H14FN. The Morgan fingerprint density at radius 2 is 2.20 bits per heavy atom. The number of hydrogen-bond donors (Lipinski definition) is 0. The van der Waals surface area contributed by atoms with E-state index in [0.717, 1.165) is 23.9 Å².